The maximum atomic E-state index is 12.3. The van der Waals surface area contributed by atoms with Gasteiger partial charge < -0.3 is 4.90 Å². The van der Waals surface area contributed by atoms with Crippen LogP contribution in [0.5, 0.6) is 0 Å². The SMILES string of the molecule is CC(C)C(=O)N1CCN(C)c2nc3ccccc3nc21. The molecular weight excluding hydrogens is 252 g/mol. The fourth-order valence-corrected chi connectivity index (χ4v) is 2.41. The molecule has 0 N–H and O–H groups in total. The Bertz CT molecular complexity index is 668. The Morgan fingerprint density at radius 2 is 1.70 bits per heavy atom. The molecule has 0 fully saturated rings. The molecule has 0 atom stereocenters. The highest BCUT2D eigenvalue weighted by molar-refractivity contribution is 5.98. The zero-order chi connectivity index (χ0) is 14.3. The van der Waals surface area contributed by atoms with Crippen molar-refractivity contribution in [2.45, 2.75) is 13.8 Å². The third-order valence-electron chi connectivity index (χ3n) is 3.57. The van der Waals surface area contributed by atoms with E-state index in [0.29, 0.717) is 12.4 Å². The molecule has 20 heavy (non-hydrogen) atoms. The van der Waals surface area contributed by atoms with E-state index in [1.54, 1.807) is 4.90 Å². The molecule has 5 nitrogen and oxygen atoms in total. The average Bonchev–Trinajstić information content (AvgIpc) is 2.45. The van der Waals surface area contributed by atoms with Crippen LogP contribution < -0.4 is 9.80 Å². The van der Waals surface area contributed by atoms with Gasteiger partial charge in [0.2, 0.25) is 5.91 Å². The summed E-state index contributed by atoms with van der Waals surface area (Å²) in [5.74, 6) is 1.52. The van der Waals surface area contributed by atoms with E-state index in [1.165, 1.54) is 0 Å². The van der Waals surface area contributed by atoms with Gasteiger partial charge in [0.05, 0.1) is 11.0 Å². The number of carbonyl (C=O) groups is 1. The summed E-state index contributed by atoms with van der Waals surface area (Å²) in [4.78, 5) is 25.5. The highest BCUT2D eigenvalue weighted by Gasteiger charge is 2.29. The Morgan fingerprint density at radius 3 is 2.30 bits per heavy atom. The summed E-state index contributed by atoms with van der Waals surface area (Å²) in [6.07, 6.45) is 0. The number of benzene rings is 1. The van der Waals surface area contributed by atoms with Crippen LogP contribution in [-0.2, 0) is 4.79 Å². The van der Waals surface area contributed by atoms with Gasteiger partial charge in [-0.3, -0.25) is 9.69 Å². The highest BCUT2D eigenvalue weighted by Crippen LogP contribution is 2.31. The topological polar surface area (TPSA) is 49.3 Å². The first-order valence-corrected chi connectivity index (χ1v) is 6.87. The van der Waals surface area contributed by atoms with Gasteiger partial charge in [0.25, 0.3) is 0 Å². The number of nitrogens with zero attached hydrogens (tertiary/aromatic N) is 4. The quantitative estimate of drug-likeness (QED) is 0.796. The minimum Gasteiger partial charge on any atom is -0.355 e. The van der Waals surface area contributed by atoms with Gasteiger partial charge in [0, 0.05) is 26.1 Å². The molecule has 2 heterocycles. The predicted molar refractivity (Wildman–Crippen MR) is 80.0 cm³/mol. The molecule has 0 saturated heterocycles. The van der Waals surface area contributed by atoms with E-state index in [-0.39, 0.29) is 11.8 Å². The molecule has 104 valence electrons. The van der Waals surface area contributed by atoms with Crippen molar-refractivity contribution in [3.05, 3.63) is 24.3 Å². The Balaban J connectivity index is 2.17. The third kappa shape index (κ3) is 1.99. The van der Waals surface area contributed by atoms with Gasteiger partial charge in [-0.2, -0.15) is 0 Å². The van der Waals surface area contributed by atoms with Gasteiger partial charge in [0.1, 0.15) is 0 Å². The summed E-state index contributed by atoms with van der Waals surface area (Å²) in [5.41, 5.74) is 1.68. The summed E-state index contributed by atoms with van der Waals surface area (Å²) < 4.78 is 0. The highest BCUT2D eigenvalue weighted by atomic mass is 16.2. The second kappa shape index (κ2) is 4.74. The number of aromatic nitrogens is 2. The van der Waals surface area contributed by atoms with Gasteiger partial charge >= 0.3 is 0 Å². The van der Waals surface area contributed by atoms with Gasteiger partial charge in [-0.1, -0.05) is 26.0 Å². The van der Waals surface area contributed by atoms with Crippen LogP contribution in [0.4, 0.5) is 11.6 Å². The molecule has 0 unspecified atom stereocenters. The lowest BCUT2D eigenvalue weighted by Gasteiger charge is -2.34. The Labute approximate surface area is 118 Å². The van der Waals surface area contributed by atoms with E-state index < -0.39 is 0 Å². The van der Waals surface area contributed by atoms with Crippen LogP contribution in [-0.4, -0.2) is 36.0 Å². The van der Waals surface area contributed by atoms with E-state index >= 15 is 0 Å². The molecule has 1 aliphatic rings. The third-order valence-corrected chi connectivity index (χ3v) is 3.57. The lowest BCUT2D eigenvalue weighted by molar-refractivity contribution is -0.121. The molecule has 0 radical (unpaired) electrons. The Kier molecular flexibility index (Phi) is 3.04. The fraction of sp³-hybridized carbons (Fsp3) is 0.400. The molecule has 0 bridgehead atoms. The number of para-hydroxylation sites is 2. The van der Waals surface area contributed by atoms with E-state index in [2.05, 4.69) is 14.9 Å². The maximum Gasteiger partial charge on any atom is 0.230 e. The van der Waals surface area contributed by atoms with Crippen molar-refractivity contribution in [1.29, 1.82) is 0 Å². The van der Waals surface area contributed by atoms with Crippen molar-refractivity contribution < 1.29 is 4.79 Å². The second-order valence-corrected chi connectivity index (χ2v) is 5.43. The minimum absolute atomic E-state index is 0.0421. The molecule has 1 aromatic carbocycles. The van der Waals surface area contributed by atoms with Crippen molar-refractivity contribution >= 4 is 28.6 Å². The molecule has 0 aliphatic carbocycles. The number of hydrogen-bond donors (Lipinski definition) is 0. The van der Waals surface area contributed by atoms with Gasteiger partial charge in [0.15, 0.2) is 11.6 Å². The van der Waals surface area contributed by atoms with Gasteiger partial charge in [-0.15, -0.1) is 0 Å². The first-order valence-electron chi connectivity index (χ1n) is 6.87. The van der Waals surface area contributed by atoms with Crippen LogP contribution in [0.3, 0.4) is 0 Å². The number of amides is 1. The fourth-order valence-electron chi connectivity index (χ4n) is 2.41. The van der Waals surface area contributed by atoms with Gasteiger partial charge in [-0.25, -0.2) is 9.97 Å². The van der Waals surface area contributed by atoms with Crippen molar-refractivity contribution in [3.63, 3.8) is 0 Å². The summed E-state index contributed by atoms with van der Waals surface area (Å²) >= 11 is 0. The number of likely N-dealkylation sites (N-methyl/N-ethyl adjacent to an activating group) is 1. The van der Waals surface area contributed by atoms with Crippen LogP contribution in [0.1, 0.15) is 13.8 Å². The predicted octanol–water partition coefficient (Wildman–Crippen LogP) is 2.07. The number of anilines is 2. The van der Waals surface area contributed by atoms with Gasteiger partial charge in [-0.05, 0) is 12.1 Å². The van der Waals surface area contributed by atoms with Crippen molar-refractivity contribution in [3.8, 4) is 0 Å². The molecule has 1 amide bonds. The van der Waals surface area contributed by atoms with Crippen molar-refractivity contribution in [2.75, 3.05) is 29.9 Å². The first-order chi connectivity index (χ1) is 9.58. The molecule has 0 saturated carbocycles. The lowest BCUT2D eigenvalue weighted by atomic mass is 10.1. The van der Waals surface area contributed by atoms with Crippen LogP contribution in [0.2, 0.25) is 0 Å². The number of rotatable bonds is 1. The molecule has 3 rings (SSSR count). The van der Waals surface area contributed by atoms with E-state index in [9.17, 15) is 4.79 Å². The van der Waals surface area contributed by atoms with E-state index in [0.717, 1.165) is 23.4 Å². The molecule has 5 heteroatoms. The molecule has 1 aliphatic heterocycles. The molecule has 1 aromatic heterocycles. The molecule has 0 spiro atoms. The standard InChI is InChI=1S/C15H18N4O/c1-10(2)15(20)19-9-8-18(3)13-14(19)17-12-7-5-4-6-11(12)16-13/h4-7,10H,8-9H2,1-3H3. The van der Waals surface area contributed by atoms with Crippen molar-refractivity contribution in [2.24, 2.45) is 5.92 Å². The lowest BCUT2D eigenvalue weighted by Crippen LogP contribution is -2.45. The zero-order valence-corrected chi connectivity index (χ0v) is 12.0. The van der Waals surface area contributed by atoms with Crippen LogP contribution in [0.25, 0.3) is 11.0 Å². The number of fused-ring (bicyclic) bond motifs is 2. The normalized spacial score (nSPS) is 14.8. The van der Waals surface area contributed by atoms with E-state index in [4.69, 9.17) is 0 Å². The van der Waals surface area contributed by atoms with Crippen LogP contribution in [0.15, 0.2) is 24.3 Å². The van der Waals surface area contributed by atoms with Crippen LogP contribution >= 0.6 is 0 Å². The second-order valence-electron chi connectivity index (χ2n) is 5.43. The summed E-state index contributed by atoms with van der Waals surface area (Å²) in [7, 11) is 1.99. The van der Waals surface area contributed by atoms with Crippen molar-refractivity contribution in [1.82, 2.24) is 9.97 Å². The number of hydrogen-bond acceptors (Lipinski definition) is 4. The van der Waals surface area contributed by atoms with Crippen LogP contribution in [0, 0.1) is 5.92 Å². The maximum absolute atomic E-state index is 12.3. The number of carbonyl (C=O) groups excluding carboxylic acids is 1. The summed E-state index contributed by atoms with van der Waals surface area (Å²) in [6, 6.07) is 7.75. The first kappa shape index (κ1) is 12.8. The zero-order valence-electron chi connectivity index (χ0n) is 12.0. The largest absolute Gasteiger partial charge is 0.355 e. The minimum atomic E-state index is -0.0421. The average molecular weight is 270 g/mol. The summed E-state index contributed by atoms with van der Waals surface area (Å²) in [6.45, 7) is 5.26. The Hall–Kier alpha value is -2.17. The van der Waals surface area contributed by atoms with E-state index in [1.807, 2.05) is 45.2 Å². The Morgan fingerprint density at radius 1 is 1.10 bits per heavy atom. The smallest absolute Gasteiger partial charge is 0.230 e. The summed E-state index contributed by atoms with van der Waals surface area (Å²) in [5, 5.41) is 0. The molecule has 2 aromatic rings. The molecular formula is C15H18N4O. The monoisotopic (exact) mass is 270 g/mol.